The van der Waals surface area contributed by atoms with Gasteiger partial charge >= 0.3 is 12.3 Å². The quantitative estimate of drug-likeness (QED) is 0.890. The number of likely N-dealkylation sites (tertiary alicyclic amines) is 1. The number of alkyl halides is 3. The van der Waals surface area contributed by atoms with Crippen molar-refractivity contribution in [1.29, 1.82) is 0 Å². The van der Waals surface area contributed by atoms with Gasteiger partial charge < -0.3 is 9.64 Å². The van der Waals surface area contributed by atoms with E-state index in [9.17, 15) is 26.4 Å². The lowest BCUT2D eigenvalue weighted by Gasteiger charge is -2.31. The number of piperidine rings is 1. The Bertz CT molecular complexity index is 698. The molecule has 0 atom stereocenters. The molecule has 0 saturated carbocycles. The lowest BCUT2D eigenvalue weighted by Crippen LogP contribution is -2.46. The number of nitrogens with one attached hydrogen (secondary N) is 1. The summed E-state index contributed by atoms with van der Waals surface area (Å²) in [5.41, 5.74) is -1.02. The van der Waals surface area contributed by atoms with Gasteiger partial charge in [-0.3, -0.25) is 0 Å². The highest BCUT2D eigenvalue weighted by molar-refractivity contribution is 7.89. The van der Waals surface area contributed by atoms with Crippen LogP contribution in [-0.4, -0.2) is 45.7 Å². The number of hydrogen-bond donors (Lipinski definition) is 1. The molecule has 0 spiro atoms. The molecule has 0 radical (unpaired) electrons. The zero-order valence-corrected chi connectivity index (χ0v) is 13.7. The Balaban J connectivity index is 2.06. The third-order valence-electron chi connectivity index (χ3n) is 3.72. The van der Waals surface area contributed by atoms with Crippen molar-refractivity contribution in [3.8, 4) is 0 Å². The number of rotatable bonds is 3. The van der Waals surface area contributed by atoms with Crippen LogP contribution in [0.1, 0.15) is 18.4 Å². The van der Waals surface area contributed by atoms with E-state index in [4.69, 9.17) is 0 Å². The molecule has 1 heterocycles. The maximum absolute atomic E-state index is 12.7. The van der Waals surface area contributed by atoms with Gasteiger partial charge in [0.15, 0.2) is 0 Å². The average molecular weight is 366 g/mol. The first kappa shape index (κ1) is 18.5. The monoisotopic (exact) mass is 366 g/mol. The van der Waals surface area contributed by atoms with Gasteiger partial charge in [0, 0.05) is 19.1 Å². The molecule has 1 fully saturated rings. The van der Waals surface area contributed by atoms with E-state index in [0.717, 1.165) is 18.2 Å². The number of hydrogen-bond acceptors (Lipinski definition) is 4. The molecule has 1 aromatic carbocycles. The molecule has 6 nitrogen and oxygen atoms in total. The van der Waals surface area contributed by atoms with Crippen LogP contribution in [0.15, 0.2) is 29.2 Å². The summed E-state index contributed by atoms with van der Waals surface area (Å²) < 4.78 is 69.6. The highest BCUT2D eigenvalue weighted by Crippen LogP contribution is 2.30. The summed E-state index contributed by atoms with van der Waals surface area (Å²) in [5.74, 6) is 0. The summed E-state index contributed by atoms with van der Waals surface area (Å²) in [4.78, 5) is 12.4. The molecule has 2 rings (SSSR count). The maximum Gasteiger partial charge on any atom is 0.416 e. The van der Waals surface area contributed by atoms with Gasteiger partial charge in [-0.25, -0.2) is 17.9 Å². The highest BCUT2D eigenvalue weighted by atomic mass is 32.2. The van der Waals surface area contributed by atoms with E-state index in [1.54, 1.807) is 0 Å². The van der Waals surface area contributed by atoms with Gasteiger partial charge in [0.1, 0.15) is 0 Å². The summed E-state index contributed by atoms with van der Waals surface area (Å²) in [6, 6.07) is 3.13. The number of ether oxygens (including phenoxy) is 1. The minimum Gasteiger partial charge on any atom is -0.453 e. The average Bonchev–Trinajstić information content (AvgIpc) is 2.54. The molecule has 24 heavy (non-hydrogen) atoms. The Labute approximate surface area is 137 Å². The zero-order valence-electron chi connectivity index (χ0n) is 12.8. The molecule has 1 aliphatic rings. The van der Waals surface area contributed by atoms with Gasteiger partial charge in [0.25, 0.3) is 0 Å². The fraction of sp³-hybridized carbons (Fsp3) is 0.500. The van der Waals surface area contributed by atoms with Crippen LogP contribution in [0, 0.1) is 0 Å². The third kappa shape index (κ3) is 4.38. The Hall–Kier alpha value is -1.81. The third-order valence-corrected chi connectivity index (χ3v) is 5.24. The second-order valence-corrected chi connectivity index (χ2v) is 7.09. The highest BCUT2D eigenvalue weighted by Gasteiger charge is 2.32. The predicted octanol–water partition coefficient (Wildman–Crippen LogP) is 2.21. The molecule has 1 aliphatic heterocycles. The standard InChI is InChI=1S/C14H17F3N2O4S/c1-23-13(20)19-7-5-11(6-8-19)18-24(21,22)12-4-2-3-10(9-12)14(15,16)17/h2-4,9,11,18H,5-8H2,1H3. The Morgan fingerprint density at radius 3 is 2.46 bits per heavy atom. The van der Waals surface area contributed by atoms with Crippen LogP contribution >= 0.6 is 0 Å². The molecule has 0 unspecified atom stereocenters. The molecular weight excluding hydrogens is 349 g/mol. The summed E-state index contributed by atoms with van der Waals surface area (Å²) >= 11 is 0. The molecule has 10 heteroatoms. The number of sulfonamides is 1. The normalized spacial score (nSPS) is 16.9. The van der Waals surface area contributed by atoms with Crippen LogP contribution in [0.2, 0.25) is 0 Å². The molecular formula is C14H17F3N2O4S. The van der Waals surface area contributed by atoms with E-state index >= 15 is 0 Å². The van der Waals surface area contributed by atoms with Crippen molar-refractivity contribution in [2.75, 3.05) is 20.2 Å². The predicted molar refractivity (Wildman–Crippen MR) is 78.8 cm³/mol. The molecule has 1 saturated heterocycles. The molecule has 134 valence electrons. The molecule has 0 aliphatic carbocycles. The fourth-order valence-corrected chi connectivity index (χ4v) is 3.79. The van der Waals surface area contributed by atoms with Crippen molar-refractivity contribution < 1.29 is 31.1 Å². The first-order valence-corrected chi connectivity index (χ1v) is 8.64. The number of carbonyl (C=O) groups is 1. The van der Waals surface area contributed by atoms with Crippen LogP contribution in [-0.2, 0) is 20.9 Å². The van der Waals surface area contributed by atoms with Gasteiger partial charge in [-0.05, 0) is 31.0 Å². The Kier molecular flexibility index (Phi) is 5.38. The maximum atomic E-state index is 12.7. The van der Waals surface area contributed by atoms with Crippen LogP contribution < -0.4 is 4.72 Å². The van der Waals surface area contributed by atoms with Gasteiger partial charge in [-0.2, -0.15) is 13.2 Å². The summed E-state index contributed by atoms with van der Waals surface area (Å²) in [6.07, 6.45) is -4.40. The fourth-order valence-electron chi connectivity index (χ4n) is 2.44. The van der Waals surface area contributed by atoms with E-state index in [1.807, 2.05) is 0 Å². The van der Waals surface area contributed by atoms with E-state index in [2.05, 4.69) is 9.46 Å². The lowest BCUT2D eigenvalue weighted by atomic mass is 10.1. The van der Waals surface area contributed by atoms with Crippen molar-refractivity contribution >= 4 is 16.1 Å². The first-order chi connectivity index (χ1) is 11.1. The zero-order chi connectivity index (χ0) is 18.0. The van der Waals surface area contributed by atoms with Crippen molar-refractivity contribution in [2.24, 2.45) is 0 Å². The largest absolute Gasteiger partial charge is 0.453 e. The van der Waals surface area contributed by atoms with E-state index in [0.29, 0.717) is 32.0 Å². The van der Waals surface area contributed by atoms with Crippen molar-refractivity contribution in [2.45, 2.75) is 30.0 Å². The summed E-state index contributed by atoms with van der Waals surface area (Å²) in [7, 11) is -2.82. The number of carbonyl (C=O) groups excluding carboxylic acids is 1. The van der Waals surface area contributed by atoms with E-state index < -0.39 is 38.8 Å². The topological polar surface area (TPSA) is 75.7 Å². The van der Waals surface area contributed by atoms with Gasteiger partial charge in [0.2, 0.25) is 10.0 Å². The Morgan fingerprint density at radius 2 is 1.92 bits per heavy atom. The number of amides is 1. The van der Waals surface area contributed by atoms with Crippen molar-refractivity contribution in [3.05, 3.63) is 29.8 Å². The minimum absolute atomic E-state index is 0.308. The van der Waals surface area contributed by atoms with Crippen LogP contribution in [0.4, 0.5) is 18.0 Å². The smallest absolute Gasteiger partial charge is 0.416 e. The Morgan fingerprint density at radius 1 is 1.29 bits per heavy atom. The van der Waals surface area contributed by atoms with Crippen molar-refractivity contribution in [3.63, 3.8) is 0 Å². The molecule has 0 bridgehead atoms. The van der Waals surface area contributed by atoms with Crippen LogP contribution in [0.5, 0.6) is 0 Å². The second kappa shape index (κ2) is 6.98. The minimum atomic E-state index is -4.61. The lowest BCUT2D eigenvalue weighted by molar-refractivity contribution is -0.137. The van der Waals surface area contributed by atoms with Crippen LogP contribution in [0.3, 0.4) is 0 Å². The molecule has 1 aromatic rings. The van der Waals surface area contributed by atoms with Gasteiger partial charge in [-0.1, -0.05) is 6.07 Å². The SMILES string of the molecule is COC(=O)N1CCC(NS(=O)(=O)c2cccc(C(F)(F)F)c2)CC1. The molecule has 0 aromatic heterocycles. The second-order valence-electron chi connectivity index (χ2n) is 5.38. The number of benzene rings is 1. The van der Waals surface area contributed by atoms with Gasteiger partial charge in [-0.15, -0.1) is 0 Å². The van der Waals surface area contributed by atoms with Crippen molar-refractivity contribution in [1.82, 2.24) is 9.62 Å². The summed E-state index contributed by atoms with van der Waals surface area (Å²) in [6.45, 7) is 0.616. The van der Waals surface area contributed by atoms with E-state index in [-0.39, 0.29) is 0 Å². The number of halogens is 3. The number of methoxy groups -OCH3 is 1. The summed E-state index contributed by atoms with van der Waals surface area (Å²) in [5, 5.41) is 0. The van der Waals surface area contributed by atoms with E-state index in [1.165, 1.54) is 12.0 Å². The van der Waals surface area contributed by atoms with Crippen LogP contribution in [0.25, 0.3) is 0 Å². The van der Waals surface area contributed by atoms with Gasteiger partial charge in [0.05, 0.1) is 17.6 Å². The number of nitrogens with zero attached hydrogens (tertiary/aromatic N) is 1. The molecule has 1 N–H and O–H groups in total. The molecule has 1 amide bonds. The first-order valence-electron chi connectivity index (χ1n) is 7.16.